The van der Waals surface area contributed by atoms with Crippen molar-refractivity contribution in [2.24, 2.45) is 5.41 Å². The molecule has 1 heterocycles. The lowest BCUT2D eigenvalue weighted by Gasteiger charge is -2.22. The van der Waals surface area contributed by atoms with Gasteiger partial charge < -0.3 is 15.2 Å². The molecule has 1 fully saturated rings. The van der Waals surface area contributed by atoms with Crippen molar-refractivity contribution in [3.05, 3.63) is 0 Å². The molecule has 0 aliphatic carbocycles. The first kappa shape index (κ1) is 17.4. The highest BCUT2D eigenvalue weighted by Gasteiger charge is 2.30. The average molecular weight is 300 g/mol. The van der Waals surface area contributed by atoms with Gasteiger partial charge in [-0.15, -0.1) is 0 Å². The highest BCUT2D eigenvalue weighted by molar-refractivity contribution is 5.96. The lowest BCUT2D eigenvalue weighted by atomic mass is 9.89. The molecule has 0 bridgehead atoms. The molecule has 7 heteroatoms. The van der Waals surface area contributed by atoms with Gasteiger partial charge in [0.05, 0.1) is 11.5 Å². The minimum Gasteiger partial charge on any atom is -0.481 e. The van der Waals surface area contributed by atoms with Gasteiger partial charge in [-0.05, 0) is 39.5 Å². The Hall–Kier alpha value is -1.63. The summed E-state index contributed by atoms with van der Waals surface area (Å²) in [6, 6.07) is -0.600. The molecular formula is C14H24N2O5. The van der Waals surface area contributed by atoms with Crippen LogP contribution in [0.15, 0.2) is 0 Å². The van der Waals surface area contributed by atoms with Crippen molar-refractivity contribution in [3.8, 4) is 0 Å². The van der Waals surface area contributed by atoms with Crippen molar-refractivity contribution >= 4 is 17.9 Å². The molecule has 0 aromatic rings. The number of carbonyl (C=O) groups excluding carboxylic acids is 2. The monoisotopic (exact) mass is 300 g/mol. The van der Waals surface area contributed by atoms with Crippen LogP contribution in [0.5, 0.6) is 0 Å². The zero-order valence-electron chi connectivity index (χ0n) is 12.6. The standard InChI is InChI=1S/C14H24N2O5/c1-14(2,12(18)19)9-11(17)16-13(20)15-7-6-10-5-3-4-8-21-10/h10H,3-9H2,1-2H3,(H,18,19)(H2,15,16,17,20). The summed E-state index contributed by atoms with van der Waals surface area (Å²) in [6.45, 7) is 4.06. The summed E-state index contributed by atoms with van der Waals surface area (Å²) in [7, 11) is 0. The van der Waals surface area contributed by atoms with E-state index in [0.29, 0.717) is 13.0 Å². The summed E-state index contributed by atoms with van der Waals surface area (Å²) in [4.78, 5) is 34.0. The summed E-state index contributed by atoms with van der Waals surface area (Å²) in [5, 5.41) is 13.6. The lowest BCUT2D eigenvalue weighted by Crippen LogP contribution is -2.43. The smallest absolute Gasteiger partial charge is 0.321 e. The van der Waals surface area contributed by atoms with Gasteiger partial charge in [0.25, 0.3) is 0 Å². The Kier molecular flexibility index (Phi) is 6.61. The van der Waals surface area contributed by atoms with Crippen molar-refractivity contribution < 1.29 is 24.2 Å². The van der Waals surface area contributed by atoms with Crippen molar-refractivity contribution in [1.29, 1.82) is 0 Å². The molecule has 1 aliphatic rings. The number of ether oxygens (including phenoxy) is 1. The van der Waals surface area contributed by atoms with E-state index in [1.54, 1.807) is 0 Å². The van der Waals surface area contributed by atoms with Crippen LogP contribution in [0.3, 0.4) is 0 Å². The summed E-state index contributed by atoms with van der Waals surface area (Å²) < 4.78 is 5.53. The molecule has 7 nitrogen and oxygen atoms in total. The van der Waals surface area contributed by atoms with E-state index in [1.807, 2.05) is 0 Å². The van der Waals surface area contributed by atoms with E-state index >= 15 is 0 Å². The number of rotatable bonds is 6. The summed E-state index contributed by atoms with van der Waals surface area (Å²) >= 11 is 0. The third-order valence-electron chi connectivity index (χ3n) is 3.46. The van der Waals surface area contributed by atoms with Gasteiger partial charge in [0.15, 0.2) is 0 Å². The molecule has 0 radical (unpaired) electrons. The van der Waals surface area contributed by atoms with Crippen LogP contribution in [0.25, 0.3) is 0 Å². The van der Waals surface area contributed by atoms with E-state index in [-0.39, 0.29) is 12.5 Å². The number of hydrogen-bond donors (Lipinski definition) is 3. The van der Waals surface area contributed by atoms with E-state index in [0.717, 1.165) is 25.9 Å². The fraction of sp³-hybridized carbons (Fsp3) is 0.786. The van der Waals surface area contributed by atoms with Crippen LogP contribution < -0.4 is 10.6 Å². The minimum atomic E-state index is -1.19. The SMILES string of the molecule is CC(C)(CC(=O)NC(=O)NCCC1CCCCO1)C(=O)O. The first-order chi connectivity index (χ1) is 9.81. The predicted octanol–water partition coefficient (Wildman–Crippen LogP) is 1.27. The number of amides is 3. The fourth-order valence-corrected chi connectivity index (χ4v) is 2.07. The third-order valence-corrected chi connectivity index (χ3v) is 3.46. The largest absolute Gasteiger partial charge is 0.481 e. The van der Waals surface area contributed by atoms with Crippen molar-refractivity contribution in [1.82, 2.24) is 10.6 Å². The van der Waals surface area contributed by atoms with E-state index < -0.39 is 23.3 Å². The Morgan fingerprint density at radius 2 is 2.00 bits per heavy atom. The lowest BCUT2D eigenvalue weighted by molar-refractivity contribution is -0.149. The van der Waals surface area contributed by atoms with Gasteiger partial charge in [-0.1, -0.05) is 0 Å². The van der Waals surface area contributed by atoms with Crippen molar-refractivity contribution in [3.63, 3.8) is 0 Å². The minimum absolute atomic E-state index is 0.167. The number of imide groups is 1. The molecule has 1 saturated heterocycles. The first-order valence-electron chi connectivity index (χ1n) is 7.24. The summed E-state index contributed by atoms with van der Waals surface area (Å²) in [5.41, 5.74) is -1.19. The fourth-order valence-electron chi connectivity index (χ4n) is 2.07. The second kappa shape index (κ2) is 7.97. The van der Waals surface area contributed by atoms with Crippen molar-refractivity contribution in [2.45, 2.75) is 52.1 Å². The second-order valence-electron chi connectivity index (χ2n) is 5.95. The first-order valence-corrected chi connectivity index (χ1v) is 7.24. The number of aliphatic carboxylic acids is 1. The number of carboxylic acids is 1. The van der Waals surface area contributed by atoms with E-state index in [1.165, 1.54) is 13.8 Å². The topological polar surface area (TPSA) is 105 Å². The molecule has 0 saturated carbocycles. The van der Waals surface area contributed by atoms with Gasteiger partial charge in [-0.25, -0.2) is 4.79 Å². The van der Waals surface area contributed by atoms with Crippen LogP contribution in [0.1, 0.15) is 46.0 Å². The molecular weight excluding hydrogens is 276 g/mol. The molecule has 1 unspecified atom stereocenters. The number of urea groups is 1. The van der Waals surface area contributed by atoms with Gasteiger partial charge in [-0.3, -0.25) is 14.9 Å². The van der Waals surface area contributed by atoms with Gasteiger partial charge in [0.1, 0.15) is 0 Å². The predicted molar refractivity (Wildman–Crippen MR) is 75.8 cm³/mol. The molecule has 120 valence electrons. The Labute approximate surface area is 124 Å². The number of carboxylic acid groups (broad SMARTS) is 1. The zero-order valence-corrected chi connectivity index (χ0v) is 12.6. The molecule has 0 aromatic heterocycles. The van der Waals surface area contributed by atoms with Crippen LogP contribution in [-0.4, -0.2) is 42.3 Å². The molecule has 3 amide bonds. The number of nitrogens with one attached hydrogen (secondary N) is 2. The summed E-state index contributed by atoms with van der Waals surface area (Å²) in [6.07, 6.45) is 3.84. The maximum Gasteiger partial charge on any atom is 0.321 e. The molecule has 1 aliphatic heterocycles. The second-order valence-corrected chi connectivity index (χ2v) is 5.95. The Bertz CT molecular complexity index is 389. The quantitative estimate of drug-likeness (QED) is 0.685. The van der Waals surface area contributed by atoms with Crippen molar-refractivity contribution in [2.75, 3.05) is 13.2 Å². The maximum absolute atomic E-state index is 11.6. The van der Waals surface area contributed by atoms with Gasteiger partial charge >= 0.3 is 12.0 Å². The third kappa shape index (κ3) is 6.57. The highest BCUT2D eigenvalue weighted by atomic mass is 16.5. The Balaban J connectivity index is 2.20. The van der Waals surface area contributed by atoms with Crippen LogP contribution in [0.4, 0.5) is 4.79 Å². The van der Waals surface area contributed by atoms with Crippen LogP contribution >= 0.6 is 0 Å². The maximum atomic E-state index is 11.6. The molecule has 1 rings (SSSR count). The van der Waals surface area contributed by atoms with E-state index in [2.05, 4.69) is 10.6 Å². The summed E-state index contributed by atoms with van der Waals surface area (Å²) in [5.74, 6) is -1.68. The number of carbonyl (C=O) groups is 3. The normalized spacial score (nSPS) is 18.9. The molecule has 3 N–H and O–H groups in total. The van der Waals surface area contributed by atoms with E-state index in [4.69, 9.17) is 9.84 Å². The Morgan fingerprint density at radius 3 is 2.57 bits per heavy atom. The molecule has 0 aromatic carbocycles. The van der Waals surface area contributed by atoms with Gasteiger partial charge in [0, 0.05) is 19.6 Å². The molecule has 21 heavy (non-hydrogen) atoms. The van der Waals surface area contributed by atoms with Gasteiger partial charge in [0.2, 0.25) is 5.91 Å². The molecule has 1 atom stereocenters. The molecule has 0 spiro atoms. The van der Waals surface area contributed by atoms with E-state index in [9.17, 15) is 14.4 Å². The highest BCUT2D eigenvalue weighted by Crippen LogP contribution is 2.19. The van der Waals surface area contributed by atoms with Crippen LogP contribution in [0, 0.1) is 5.41 Å². The van der Waals surface area contributed by atoms with Crippen LogP contribution in [0.2, 0.25) is 0 Å². The van der Waals surface area contributed by atoms with Crippen LogP contribution in [-0.2, 0) is 14.3 Å². The number of hydrogen-bond acceptors (Lipinski definition) is 4. The zero-order chi connectivity index (χ0) is 15.9. The Morgan fingerprint density at radius 1 is 1.29 bits per heavy atom. The van der Waals surface area contributed by atoms with Gasteiger partial charge in [-0.2, -0.15) is 0 Å². The average Bonchev–Trinajstić information content (AvgIpc) is 2.38.